The number of halogens is 1. The molecule has 3 nitrogen and oxygen atoms in total. The maximum Gasteiger partial charge on any atom is 0.179 e. The Balaban J connectivity index is 2.14. The molecule has 2 aromatic heterocycles. The van der Waals surface area contributed by atoms with E-state index in [0.717, 1.165) is 28.8 Å². The quantitative estimate of drug-likeness (QED) is 0.809. The van der Waals surface area contributed by atoms with E-state index in [1.54, 1.807) is 6.20 Å². The third kappa shape index (κ3) is 2.11. The number of pyridine rings is 1. The summed E-state index contributed by atoms with van der Waals surface area (Å²) in [7, 11) is 0. The molecule has 0 unspecified atom stereocenters. The van der Waals surface area contributed by atoms with Crippen molar-refractivity contribution in [2.75, 3.05) is 11.5 Å². The second-order valence-electron chi connectivity index (χ2n) is 4.17. The molecule has 0 bridgehead atoms. The normalized spacial score (nSPS) is 17.7. The SMILES string of the molecule is S=c1[nH]c2cc(Cl)cnc2n1C1CCSCC1. The number of fused-ring (bicyclic) bond motifs is 1. The second-order valence-corrected chi connectivity index (χ2v) is 6.22. The summed E-state index contributed by atoms with van der Waals surface area (Å²) in [6.45, 7) is 0. The Morgan fingerprint density at radius 1 is 1.47 bits per heavy atom. The van der Waals surface area contributed by atoms with Gasteiger partial charge in [-0.25, -0.2) is 4.98 Å². The first-order valence-corrected chi connectivity index (χ1v) is 7.53. The zero-order valence-corrected chi connectivity index (χ0v) is 11.5. The molecule has 90 valence electrons. The fourth-order valence-electron chi connectivity index (χ4n) is 2.27. The van der Waals surface area contributed by atoms with Crippen molar-refractivity contribution in [3.8, 4) is 0 Å². The highest BCUT2D eigenvalue weighted by Gasteiger charge is 2.19. The number of aromatic nitrogens is 3. The number of thioether (sulfide) groups is 1. The van der Waals surface area contributed by atoms with Crippen LogP contribution < -0.4 is 0 Å². The minimum Gasteiger partial charge on any atom is -0.329 e. The van der Waals surface area contributed by atoms with Crippen molar-refractivity contribution in [3.05, 3.63) is 22.1 Å². The maximum absolute atomic E-state index is 5.94. The number of aromatic amines is 1. The van der Waals surface area contributed by atoms with Crippen LogP contribution in [-0.2, 0) is 0 Å². The Morgan fingerprint density at radius 2 is 2.24 bits per heavy atom. The van der Waals surface area contributed by atoms with Gasteiger partial charge in [0.25, 0.3) is 0 Å². The van der Waals surface area contributed by atoms with Crippen molar-refractivity contribution < 1.29 is 0 Å². The first-order valence-electron chi connectivity index (χ1n) is 5.59. The Morgan fingerprint density at radius 3 is 3.00 bits per heavy atom. The highest BCUT2D eigenvalue weighted by Crippen LogP contribution is 2.30. The Hall–Kier alpha value is -0.520. The van der Waals surface area contributed by atoms with E-state index in [9.17, 15) is 0 Å². The van der Waals surface area contributed by atoms with Crippen LogP contribution in [0.4, 0.5) is 0 Å². The summed E-state index contributed by atoms with van der Waals surface area (Å²) in [5.41, 5.74) is 1.86. The minimum absolute atomic E-state index is 0.478. The predicted octanol–water partition coefficient (Wildman–Crippen LogP) is 3.82. The highest BCUT2D eigenvalue weighted by atomic mass is 35.5. The molecule has 0 amide bonds. The monoisotopic (exact) mass is 285 g/mol. The molecule has 3 rings (SSSR count). The lowest BCUT2D eigenvalue weighted by Gasteiger charge is -2.22. The van der Waals surface area contributed by atoms with E-state index >= 15 is 0 Å². The van der Waals surface area contributed by atoms with Gasteiger partial charge in [-0.15, -0.1) is 0 Å². The summed E-state index contributed by atoms with van der Waals surface area (Å²) in [5, 5.41) is 0.639. The van der Waals surface area contributed by atoms with Crippen LogP contribution in [0.3, 0.4) is 0 Å². The van der Waals surface area contributed by atoms with Gasteiger partial charge < -0.3 is 4.98 Å². The standard InChI is InChI=1S/C11H12ClN3S2/c12-7-5-9-10(13-6-7)15(11(16)14-9)8-1-3-17-4-2-8/h5-6,8H,1-4H2,(H,14,16). The number of hydrogen-bond donors (Lipinski definition) is 1. The van der Waals surface area contributed by atoms with Crippen LogP contribution in [0.1, 0.15) is 18.9 Å². The number of H-pyrrole nitrogens is 1. The van der Waals surface area contributed by atoms with Gasteiger partial charge in [-0.1, -0.05) is 11.6 Å². The lowest BCUT2D eigenvalue weighted by atomic mass is 10.1. The summed E-state index contributed by atoms with van der Waals surface area (Å²) in [6.07, 6.45) is 4.01. The molecular formula is C11H12ClN3S2. The van der Waals surface area contributed by atoms with Gasteiger partial charge in [0, 0.05) is 12.2 Å². The van der Waals surface area contributed by atoms with Crippen LogP contribution in [-0.4, -0.2) is 26.0 Å². The Kier molecular flexibility index (Phi) is 3.15. The molecule has 1 N–H and O–H groups in total. The first-order chi connectivity index (χ1) is 8.25. The molecule has 1 fully saturated rings. The van der Waals surface area contributed by atoms with E-state index < -0.39 is 0 Å². The minimum atomic E-state index is 0.478. The summed E-state index contributed by atoms with van der Waals surface area (Å²) < 4.78 is 2.91. The highest BCUT2D eigenvalue weighted by molar-refractivity contribution is 7.99. The molecule has 0 spiro atoms. The van der Waals surface area contributed by atoms with Crippen molar-refractivity contribution >= 4 is 46.7 Å². The van der Waals surface area contributed by atoms with E-state index in [-0.39, 0.29) is 0 Å². The lowest BCUT2D eigenvalue weighted by Crippen LogP contribution is -2.15. The van der Waals surface area contributed by atoms with Crippen molar-refractivity contribution in [2.45, 2.75) is 18.9 Å². The van der Waals surface area contributed by atoms with E-state index in [2.05, 4.69) is 14.5 Å². The van der Waals surface area contributed by atoms with Crippen LogP contribution in [0.25, 0.3) is 11.2 Å². The predicted molar refractivity (Wildman–Crippen MR) is 75.5 cm³/mol. The number of rotatable bonds is 1. The van der Waals surface area contributed by atoms with Crippen molar-refractivity contribution in [3.63, 3.8) is 0 Å². The van der Waals surface area contributed by atoms with Gasteiger partial charge in [0.15, 0.2) is 10.4 Å². The zero-order chi connectivity index (χ0) is 11.8. The molecule has 6 heteroatoms. The smallest absolute Gasteiger partial charge is 0.179 e. The third-order valence-electron chi connectivity index (χ3n) is 3.08. The summed E-state index contributed by atoms with van der Waals surface area (Å²) >= 11 is 13.3. The molecular weight excluding hydrogens is 274 g/mol. The largest absolute Gasteiger partial charge is 0.329 e. The van der Waals surface area contributed by atoms with Gasteiger partial charge in [0.1, 0.15) is 0 Å². The number of nitrogens with zero attached hydrogens (tertiary/aromatic N) is 2. The molecule has 2 aromatic rings. The maximum atomic E-state index is 5.94. The van der Waals surface area contributed by atoms with Crippen LogP contribution in [0.5, 0.6) is 0 Å². The third-order valence-corrected chi connectivity index (χ3v) is 4.63. The zero-order valence-electron chi connectivity index (χ0n) is 9.15. The van der Waals surface area contributed by atoms with Crippen molar-refractivity contribution in [1.82, 2.24) is 14.5 Å². The molecule has 1 aliphatic rings. The Labute approximate surface area is 114 Å². The fraction of sp³-hybridized carbons (Fsp3) is 0.455. The number of hydrogen-bond acceptors (Lipinski definition) is 3. The summed E-state index contributed by atoms with van der Waals surface area (Å²) in [4.78, 5) is 7.59. The van der Waals surface area contributed by atoms with Crippen molar-refractivity contribution in [2.24, 2.45) is 0 Å². The van der Waals surface area contributed by atoms with Gasteiger partial charge in [-0.2, -0.15) is 11.8 Å². The molecule has 0 atom stereocenters. The van der Waals surface area contributed by atoms with Gasteiger partial charge in [0.05, 0.1) is 10.5 Å². The van der Waals surface area contributed by atoms with Crippen LogP contribution in [0.2, 0.25) is 5.02 Å². The number of imidazole rings is 1. The van der Waals surface area contributed by atoms with Gasteiger partial charge in [0.2, 0.25) is 0 Å². The van der Waals surface area contributed by atoms with Crippen LogP contribution >= 0.6 is 35.6 Å². The van der Waals surface area contributed by atoms with E-state index in [4.69, 9.17) is 23.8 Å². The molecule has 0 aromatic carbocycles. The van der Waals surface area contributed by atoms with Crippen molar-refractivity contribution in [1.29, 1.82) is 0 Å². The van der Waals surface area contributed by atoms with Gasteiger partial charge >= 0.3 is 0 Å². The molecule has 1 saturated heterocycles. The fourth-order valence-corrected chi connectivity index (χ4v) is 3.85. The lowest BCUT2D eigenvalue weighted by molar-refractivity contribution is 0.474. The molecule has 1 aliphatic heterocycles. The number of nitrogens with one attached hydrogen (secondary N) is 1. The second kappa shape index (κ2) is 4.63. The van der Waals surface area contributed by atoms with Crippen LogP contribution in [0, 0.1) is 4.77 Å². The van der Waals surface area contributed by atoms with Gasteiger partial charge in [-0.3, -0.25) is 4.57 Å². The summed E-state index contributed by atoms with van der Waals surface area (Å²) in [5.74, 6) is 2.40. The molecule has 17 heavy (non-hydrogen) atoms. The van der Waals surface area contributed by atoms with E-state index in [1.807, 2.05) is 17.8 Å². The molecule has 3 heterocycles. The van der Waals surface area contributed by atoms with E-state index in [1.165, 1.54) is 11.5 Å². The molecule has 0 saturated carbocycles. The van der Waals surface area contributed by atoms with Crippen LogP contribution in [0.15, 0.2) is 12.3 Å². The Bertz CT molecular complexity index is 598. The topological polar surface area (TPSA) is 33.6 Å². The average Bonchev–Trinajstić information content (AvgIpc) is 2.65. The summed E-state index contributed by atoms with van der Waals surface area (Å²) in [6, 6.07) is 2.36. The molecule has 0 radical (unpaired) electrons. The first kappa shape index (κ1) is 11.6. The average molecular weight is 286 g/mol. The van der Waals surface area contributed by atoms with Gasteiger partial charge in [-0.05, 0) is 42.6 Å². The van der Waals surface area contributed by atoms with E-state index in [0.29, 0.717) is 11.1 Å². The molecule has 0 aliphatic carbocycles.